The third kappa shape index (κ3) is 4.58. The molecule has 0 aromatic heterocycles. The van der Waals surface area contributed by atoms with Gasteiger partial charge < -0.3 is 14.8 Å². The number of rotatable bonds is 5. The standard InChI is InChI=1S/C16H16ClN3O6S.Na/c17-9-13(21)18-11-4-1-10(2-5-11)3-6-14(22)19-8-7-12-15(19)16(23)20(12)27(24,25)26;/h1-6,12,15H,7-9H2,(H,18,21)(H,24,25,26);/q;+1/p-1/b6-3+;/t12-,15+;/m1./s1. The predicted molar refractivity (Wildman–Crippen MR) is 95.3 cm³/mol. The summed E-state index contributed by atoms with van der Waals surface area (Å²) in [5.74, 6) is -1.80. The summed E-state index contributed by atoms with van der Waals surface area (Å²) in [6.45, 7) is 0.194. The van der Waals surface area contributed by atoms with E-state index in [0.717, 1.165) is 0 Å². The molecule has 1 aromatic rings. The summed E-state index contributed by atoms with van der Waals surface area (Å²) >= 11 is 5.41. The number of fused-ring (bicyclic) bond motifs is 1. The van der Waals surface area contributed by atoms with E-state index in [0.29, 0.717) is 15.6 Å². The second kappa shape index (κ2) is 8.93. The number of hydrogen-bond donors (Lipinski definition) is 1. The van der Waals surface area contributed by atoms with Crippen molar-refractivity contribution in [3.63, 3.8) is 0 Å². The molecule has 3 amide bonds. The molecule has 12 heteroatoms. The molecule has 0 radical (unpaired) electrons. The van der Waals surface area contributed by atoms with E-state index in [1.807, 2.05) is 0 Å². The van der Waals surface area contributed by atoms with Crippen LogP contribution in [0, 0.1) is 0 Å². The number of benzene rings is 1. The molecule has 0 aliphatic carbocycles. The minimum Gasteiger partial charge on any atom is -0.731 e. The Kier molecular flexibility index (Phi) is 7.29. The van der Waals surface area contributed by atoms with E-state index >= 15 is 0 Å². The normalized spacial score (nSPS) is 21.1. The van der Waals surface area contributed by atoms with Gasteiger partial charge in [0, 0.05) is 18.3 Å². The van der Waals surface area contributed by atoms with Crippen LogP contribution in [0.2, 0.25) is 0 Å². The number of hydrogen-bond acceptors (Lipinski definition) is 6. The molecule has 0 bridgehead atoms. The first kappa shape index (κ1) is 22.9. The fourth-order valence-electron chi connectivity index (χ4n) is 3.19. The van der Waals surface area contributed by atoms with Crippen LogP contribution < -0.4 is 34.9 Å². The van der Waals surface area contributed by atoms with Crippen molar-refractivity contribution in [3.8, 4) is 0 Å². The molecule has 1 aromatic carbocycles. The summed E-state index contributed by atoms with van der Waals surface area (Å²) in [6.07, 6.45) is 3.05. The molecular weight excluding hydrogens is 421 g/mol. The number of likely N-dealkylation sites (tertiary alicyclic amines) is 1. The quantitative estimate of drug-likeness (QED) is 0.174. The van der Waals surface area contributed by atoms with Gasteiger partial charge in [-0.3, -0.25) is 14.4 Å². The number of carbonyl (C=O) groups is 3. The fraction of sp³-hybridized carbons (Fsp3) is 0.312. The maximum atomic E-state index is 12.3. The first-order chi connectivity index (χ1) is 12.7. The van der Waals surface area contributed by atoms with Crippen molar-refractivity contribution >= 4 is 51.4 Å². The van der Waals surface area contributed by atoms with Gasteiger partial charge in [-0.2, -0.15) is 0 Å². The van der Waals surface area contributed by atoms with E-state index in [-0.39, 0.29) is 54.3 Å². The van der Waals surface area contributed by atoms with Crippen LogP contribution in [-0.4, -0.2) is 64.4 Å². The average Bonchev–Trinajstić information content (AvgIpc) is 2.98. The van der Waals surface area contributed by atoms with E-state index in [1.54, 1.807) is 24.3 Å². The third-order valence-electron chi connectivity index (χ3n) is 4.40. The maximum Gasteiger partial charge on any atom is 1.00 e. The summed E-state index contributed by atoms with van der Waals surface area (Å²) in [4.78, 5) is 36.7. The SMILES string of the molecule is O=C(CCl)Nc1ccc(/C=C/C(=O)N2CC[C@@H]3[C@H]2C(=O)N3S(=O)(=O)[O-])cc1.[Na+]. The second-order valence-electron chi connectivity index (χ2n) is 6.06. The molecule has 1 N–H and O–H groups in total. The summed E-state index contributed by atoms with van der Waals surface area (Å²) in [5, 5.41) is 2.58. The van der Waals surface area contributed by atoms with Crippen LogP contribution in [0.25, 0.3) is 6.08 Å². The van der Waals surface area contributed by atoms with Crippen molar-refractivity contribution < 1.29 is 56.9 Å². The molecule has 2 fully saturated rings. The van der Waals surface area contributed by atoms with E-state index in [1.165, 1.54) is 17.1 Å². The van der Waals surface area contributed by atoms with Crippen LogP contribution in [0.5, 0.6) is 0 Å². The number of amides is 3. The van der Waals surface area contributed by atoms with Gasteiger partial charge in [-0.05, 0) is 30.2 Å². The van der Waals surface area contributed by atoms with Crippen molar-refractivity contribution in [2.24, 2.45) is 0 Å². The molecule has 0 spiro atoms. The van der Waals surface area contributed by atoms with Gasteiger partial charge in [0.2, 0.25) is 11.8 Å². The minimum atomic E-state index is -4.85. The smallest absolute Gasteiger partial charge is 0.731 e. The number of nitrogens with one attached hydrogen (secondary N) is 1. The van der Waals surface area contributed by atoms with Crippen LogP contribution in [0.15, 0.2) is 30.3 Å². The van der Waals surface area contributed by atoms with E-state index < -0.39 is 34.2 Å². The topological polar surface area (TPSA) is 127 Å². The van der Waals surface area contributed by atoms with Gasteiger partial charge in [-0.15, -0.1) is 11.6 Å². The zero-order chi connectivity index (χ0) is 19.8. The van der Waals surface area contributed by atoms with Crippen LogP contribution in [-0.2, 0) is 24.7 Å². The molecule has 144 valence electrons. The number of halogens is 1. The number of carbonyl (C=O) groups excluding carboxylic acids is 3. The second-order valence-corrected chi connectivity index (χ2v) is 7.58. The minimum absolute atomic E-state index is 0. The molecule has 0 saturated carbocycles. The van der Waals surface area contributed by atoms with Gasteiger partial charge in [0.05, 0.1) is 6.04 Å². The maximum absolute atomic E-state index is 12.3. The number of alkyl halides is 1. The van der Waals surface area contributed by atoms with Crippen molar-refractivity contribution in [2.45, 2.75) is 18.5 Å². The Morgan fingerprint density at radius 2 is 1.93 bits per heavy atom. The number of β-lactam (4-membered cyclic amide) rings is 1. The Bertz CT molecular complexity index is 921. The molecule has 2 aliphatic rings. The summed E-state index contributed by atoms with van der Waals surface area (Å²) in [5.41, 5.74) is 1.25. The fourth-order valence-corrected chi connectivity index (χ4v) is 4.14. The third-order valence-corrected chi connectivity index (χ3v) is 5.57. The zero-order valence-corrected chi connectivity index (χ0v) is 18.4. The Labute approximate surface area is 188 Å². The van der Waals surface area contributed by atoms with Crippen molar-refractivity contribution in [1.82, 2.24) is 9.21 Å². The molecule has 3 rings (SSSR count). The van der Waals surface area contributed by atoms with Gasteiger partial charge in [-0.1, -0.05) is 12.1 Å². The van der Waals surface area contributed by atoms with Crippen LogP contribution >= 0.6 is 11.6 Å². The number of anilines is 1. The molecule has 2 aliphatic heterocycles. The summed E-state index contributed by atoms with van der Waals surface area (Å²) in [6, 6.07) is 4.97. The first-order valence-electron chi connectivity index (χ1n) is 7.96. The Balaban J connectivity index is 0.00000280. The van der Waals surface area contributed by atoms with Crippen LogP contribution in [0.4, 0.5) is 5.69 Å². The summed E-state index contributed by atoms with van der Waals surface area (Å²) < 4.78 is 33.5. The van der Waals surface area contributed by atoms with Gasteiger partial charge in [0.15, 0.2) is 10.3 Å². The molecule has 2 heterocycles. The van der Waals surface area contributed by atoms with Crippen molar-refractivity contribution in [1.29, 1.82) is 0 Å². The first-order valence-corrected chi connectivity index (χ1v) is 9.86. The zero-order valence-electron chi connectivity index (χ0n) is 14.9. The Morgan fingerprint density at radius 3 is 2.50 bits per heavy atom. The van der Waals surface area contributed by atoms with Crippen molar-refractivity contribution in [2.75, 3.05) is 17.7 Å². The van der Waals surface area contributed by atoms with Gasteiger partial charge in [0.25, 0.3) is 5.91 Å². The van der Waals surface area contributed by atoms with Crippen LogP contribution in [0.1, 0.15) is 12.0 Å². The molecule has 0 unspecified atom stereocenters. The summed E-state index contributed by atoms with van der Waals surface area (Å²) in [7, 11) is -4.85. The van der Waals surface area contributed by atoms with Crippen molar-refractivity contribution in [3.05, 3.63) is 35.9 Å². The van der Waals surface area contributed by atoms with E-state index in [4.69, 9.17) is 11.6 Å². The van der Waals surface area contributed by atoms with E-state index in [9.17, 15) is 27.4 Å². The Hall–Kier alpha value is -1.43. The number of nitrogens with zero attached hydrogens (tertiary/aromatic N) is 2. The molecular formula is C16H15ClN3NaO6S. The average molecular weight is 436 g/mol. The molecule has 2 atom stereocenters. The van der Waals surface area contributed by atoms with Crippen LogP contribution in [0.3, 0.4) is 0 Å². The van der Waals surface area contributed by atoms with E-state index in [2.05, 4.69) is 5.32 Å². The largest absolute Gasteiger partial charge is 1.00 e. The molecule has 9 nitrogen and oxygen atoms in total. The molecule has 2 saturated heterocycles. The molecule has 28 heavy (non-hydrogen) atoms. The van der Waals surface area contributed by atoms with Gasteiger partial charge >= 0.3 is 29.6 Å². The van der Waals surface area contributed by atoms with Gasteiger partial charge in [-0.25, -0.2) is 12.7 Å². The Morgan fingerprint density at radius 1 is 1.29 bits per heavy atom. The predicted octanol–water partition coefficient (Wildman–Crippen LogP) is -2.85. The monoisotopic (exact) mass is 435 g/mol. The van der Waals surface area contributed by atoms with Gasteiger partial charge in [0.1, 0.15) is 11.9 Å².